The summed E-state index contributed by atoms with van der Waals surface area (Å²) in [7, 11) is 0. The number of thioether (sulfide) groups is 1. The molecule has 0 N–H and O–H groups in total. The van der Waals surface area contributed by atoms with Crippen LogP contribution in [0, 0.1) is 6.92 Å². The zero-order valence-corrected chi connectivity index (χ0v) is 18.9. The van der Waals surface area contributed by atoms with E-state index in [1.807, 2.05) is 49.1 Å². The Morgan fingerprint density at radius 3 is 2.61 bits per heavy atom. The predicted molar refractivity (Wildman–Crippen MR) is 124 cm³/mol. The van der Waals surface area contributed by atoms with Gasteiger partial charge in [0.25, 0.3) is 5.56 Å². The molecule has 0 spiro atoms. The van der Waals surface area contributed by atoms with Crippen LogP contribution in [-0.4, -0.2) is 68.2 Å². The summed E-state index contributed by atoms with van der Waals surface area (Å²) in [5.41, 5.74) is 1.44. The number of para-hydroxylation sites is 1. The fourth-order valence-electron chi connectivity index (χ4n) is 3.79. The average Bonchev–Trinajstić information content (AvgIpc) is 2.79. The van der Waals surface area contributed by atoms with Gasteiger partial charge in [-0.2, -0.15) is 0 Å². The summed E-state index contributed by atoms with van der Waals surface area (Å²) in [5.74, 6) is 0.592. The van der Waals surface area contributed by atoms with Crippen LogP contribution in [0.3, 0.4) is 0 Å². The lowest BCUT2D eigenvalue weighted by molar-refractivity contribution is -0.132. The molecule has 7 nitrogen and oxygen atoms in total. The van der Waals surface area contributed by atoms with Gasteiger partial charge in [0, 0.05) is 32.4 Å². The third-order valence-corrected chi connectivity index (χ3v) is 6.68. The first-order valence-corrected chi connectivity index (χ1v) is 11.5. The summed E-state index contributed by atoms with van der Waals surface area (Å²) in [5, 5.41) is 0.650. The molecule has 0 bridgehead atoms. The van der Waals surface area contributed by atoms with Crippen molar-refractivity contribution in [3.05, 3.63) is 58.5 Å². The number of carbonyl (C=O) groups excluding carboxylic acids is 1. The number of likely N-dealkylation sites (N-methyl/N-ethyl adjacent to an activating group) is 1. The van der Waals surface area contributed by atoms with Gasteiger partial charge >= 0.3 is 0 Å². The molecule has 31 heavy (non-hydrogen) atoms. The Morgan fingerprint density at radius 1 is 1.16 bits per heavy atom. The topological polar surface area (TPSA) is 71.3 Å². The van der Waals surface area contributed by atoms with Crippen LogP contribution in [0.25, 0.3) is 16.7 Å². The van der Waals surface area contributed by atoms with Crippen LogP contribution >= 0.6 is 11.8 Å². The van der Waals surface area contributed by atoms with Crippen molar-refractivity contribution in [2.45, 2.75) is 31.2 Å². The van der Waals surface area contributed by atoms with Crippen molar-refractivity contribution >= 4 is 28.6 Å². The molecule has 162 valence electrons. The smallest absolute Gasteiger partial charge is 0.267 e. The Kier molecular flexibility index (Phi) is 6.38. The van der Waals surface area contributed by atoms with E-state index in [9.17, 15) is 9.59 Å². The number of amides is 1. The Hall–Kier alpha value is -2.71. The maximum Gasteiger partial charge on any atom is 0.267 e. The van der Waals surface area contributed by atoms with Crippen molar-refractivity contribution in [3.8, 4) is 5.82 Å². The molecule has 0 saturated carbocycles. The van der Waals surface area contributed by atoms with Gasteiger partial charge in [-0.15, -0.1) is 0 Å². The number of hydrogen-bond donors (Lipinski definition) is 0. The molecule has 0 aliphatic carbocycles. The fourth-order valence-corrected chi connectivity index (χ4v) is 4.79. The molecule has 1 aliphatic heterocycles. The van der Waals surface area contributed by atoms with E-state index in [1.54, 1.807) is 12.3 Å². The number of fused-ring (bicyclic) bond motifs is 1. The quantitative estimate of drug-likeness (QED) is 0.452. The van der Waals surface area contributed by atoms with Crippen molar-refractivity contribution in [2.24, 2.45) is 0 Å². The van der Waals surface area contributed by atoms with Crippen molar-refractivity contribution in [1.29, 1.82) is 0 Å². The predicted octanol–water partition coefficient (Wildman–Crippen LogP) is 2.73. The van der Waals surface area contributed by atoms with E-state index in [4.69, 9.17) is 4.98 Å². The van der Waals surface area contributed by atoms with Crippen LogP contribution in [-0.2, 0) is 4.79 Å². The second kappa shape index (κ2) is 9.20. The molecule has 1 saturated heterocycles. The number of pyridine rings is 1. The van der Waals surface area contributed by atoms with Crippen molar-refractivity contribution < 1.29 is 4.79 Å². The molecule has 3 heterocycles. The van der Waals surface area contributed by atoms with Gasteiger partial charge < -0.3 is 9.80 Å². The maximum absolute atomic E-state index is 13.4. The molecular formula is C23H27N5O2S. The maximum atomic E-state index is 13.4. The van der Waals surface area contributed by atoms with Crippen LogP contribution in [0.4, 0.5) is 0 Å². The molecule has 4 rings (SSSR count). The van der Waals surface area contributed by atoms with Crippen LogP contribution in [0.2, 0.25) is 0 Å². The number of nitrogens with zero attached hydrogens (tertiary/aromatic N) is 5. The van der Waals surface area contributed by atoms with E-state index < -0.39 is 0 Å². The second-order valence-corrected chi connectivity index (χ2v) is 9.07. The minimum atomic E-state index is -0.364. The number of benzene rings is 1. The first-order chi connectivity index (χ1) is 15.0. The van der Waals surface area contributed by atoms with E-state index in [0.717, 1.165) is 38.3 Å². The Balaban J connectivity index is 1.69. The zero-order chi connectivity index (χ0) is 22.0. The highest BCUT2D eigenvalue weighted by Crippen LogP contribution is 2.26. The lowest BCUT2D eigenvalue weighted by Crippen LogP contribution is -2.50. The van der Waals surface area contributed by atoms with Gasteiger partial charge in [-0.05, 0) is 50.2 Å². The molecule has 1 aliphatic rings. The monoisotopic (exact) mass is 437 g/mol. The molecule has 0 unspecified atom stereocenters. The summed E-state index contributed by atoms with van der Waals surface area (Å²) in [4.78, 5) is 39.9. The largest absolute Gasteiger partial charge is 0.339 e. The van der Waals surface area contributed by atoms with Gasteiger partial charge in [-0.3, -0.25) is 9.59 Å². The third kappa shape index (κ3) is 4.50. The summed E-state index contributed by atoms with van der Waals surface area (Å²) in [6.45, 7) is 10.2. The van der Waals surface area contributed by atoms with E-state index in [1.165, 1.54) is 16.3 Å². The van der Waals surface area contributed by atoms with E-state index in [2.05, 4.69) is 16.8 Å². The SMILES string of the molecule is CCN1CCN(C(=O)[C@@H](C)Sc2nc3ccccc3c(=O)n2-c2cc(C)ccn2)CC1. The first-order valence-electron chi connectivity index (χ1n) is 10.6. The van der Waals surface area contributed by atoms with E-state index in [-0.39, 0.29) is 16.7 Å². The van der Waals surface area contributed by atoms with Crippen molar-refractivity contribution in [1.82, 2.24) is 24.3 Å². The van der Waals surface area contributed by atoms with Crippen molar-refractivity contribution in [3.63, 3.8) is 0 Å². The van der Waals surface area contributed by atoms with Gasteiger partial charge in [0.05, 0.1) is 16.2 Å². The molecule has 8 heteroatoms. The average molecular weight is 438 g/mol. The lowest BCUT2D eigenvalue weighted by Gasteiger charge is -2.35. The van der Waals surface area contributed by atoms with Crippen LogP contribution in [0.5, 0.6) is 0 Å². The molecule has 1 aromatic carbocycles. The second-order valence-electron chi connectivity index (χ2n) is 7.76. The number of hydrogen-bond acceptors (Lipinski definition) is 6. The number of aromatic nitrogens is 3. The van der Waals surface area contributed by atoms with Gasteiger partial charge in [-0.1, -0.05) is 30.8 Å². The number of piperazine rings is 1. The van der Waals surface area contributed by atoms with Crippen LogP contribution < -0.4 is 5.56 Å². The molecule has 1 fully saturated rings. The Morgan fingerprint density at radius 2 is 1.90 bits per heavy atom. The minimum Gasteiger partial charge on any atom is -0.339 e. The van der Waals surface area contributed by atoms with Gasteiger partial charge in [0.15, 0.2) is 5.16 Å². The van der Waals surface area contributed by atoms with Gasteiger partial charge in [0.2, 0.25) is 5.91 Å². The zero-order valence-electron chi connectivity index (χ0n) is 18.1. The summed E-state index contributed by atoms with van der Waals surface area (Å²) >= 11 is 1.32. The standard InChI is InChI=1S/C23H27N5O2S/c1-4-26-11-13-27(14-12-26)21(29)17(3)31-23-25-19-8-6-5-7-18(19)22(30)28(23)20-15-16(2)9-10-24-20/h5-10,15,17H,4,11-14H2,1-3H3/t17-/m1/s1. The third-order valence-electron chi connectivity index (χ3n) is 5.64. The summed E-state index contributed by atoms with van der Waals surface area (Å²) in [6, 6.07) is 11.0. The van der Waals surface area contributed by atoms with E-state index >= 15 is 0 Å². The summed E-state index contributed by atoms with van der Waals surface area (Å²) in [6.07, 6.45) is 1.68. The van der Waals surface area contributed by atoms with E-state index in [0.29, 0.717) is 21.9 Å². The molecule has 0 radical (unpaired) electrons. The molecule has 1 atom stereocenters. The van der Waals surface area contributed by atoms with Gasteiger partial charge in [-0.25, -0.2) is 14.5 Å². The first kappa shape index (κ1) is 21.5. The lowest BCUT2D eigenvalue weighted by atomic mass is 10.2. The minimum absolute atomic E-state index is 0.0758. The Labute approximate surface area is 186 Å². The van der Waals surface area contributed by atoms with Gasteiger partial charge in [0.1, 0.15) is 5.82 Å². The molecule has 1 amide bonds. The number of aryl methyl sites for hydroxylation is 1. The normalized spacial score (nSPS) is 15.9. The van der Waals surface area contributed by atoms with Crippen LogP contribution in [0.1, 0.15) is 19.4 Å². The highest BCUT2D eigenvalue weighted by molar-refractivity contribution is 8.00. The Bertz CT molecular complexity index is 1150. The molecule has 3 aromatic rings. The highest BCUT2D eigenvalue weighted by atomic mass is 32.2. The molecule has 2 aromatic heterocycles. The summed E-state index contributed by atoms with van der Waals surface area (Å²) < 4.78 is 1.53. The number of carbonyl (C=O) groups is 1. The highest BCUT2D eigenvalue weighted by Gasteiger charge is 2.27. The molecular weight excluding hydrogens is 410 g/mol. The number of rotatable bonds is 5. The fraction of sp³-hybridized carbons (Fsp3) is 0.391. The van der Waals surface area contributed by atoms with Crippen molar-refractivity contribution in [2.75, 3.05) is 32.7 Å². The van der Waals surface area contributed by atoms with Crippen LogP contribution in [0.15, 0.2) is 52.5 Å².